The molecule has 2 unspecified atom stereocenters. The van der Waals surface area contributed by atoms with Crippen LogP contribution in [-0.4, -0.2) is 22.0 Å². The molecule has 0 bridgehead atoms. The van der Waals surface area contributed by atoms with Crippen LogP contribution in [0.3, 0.4) is 0 Å². The summed E-state index contributed by atoms with van der Waals surface area (Å²) in [6.45, 7) is -0.153. The zero-order valence-corrected chi connectivity index (χ0v) is 10.6. The number of amides is 1. The smallest absolute Gasteiger partial charge is 0.226 e. The minimum Gasteiger partial charge on any atom is -0.394 e. The van der Waals surface area contributed by atoms with Crippen LogP contribution in [-0.2, 0) is 4.79 Å². The van der Waals surface area contributed by atoms with E-state index in [9.17, 15) is 9.90 Å². The van der Waals surface area contributed by atoms with Gasteiger partial charge in [0, 0.05) is 0 Å². The molecule has 1 amide bonds. The fourth-order valence-electron chi connectivity index (χ4n) is 1.69. The summed E-state index contributed by atoms with van der Waals surface area (Å²) in [7, 11) is 0. The maximum Gasteiger partial charge on any atom is 0.226 e. The van der Waals surface area contributed by atoms with Crippen molar-refractivity contribution in [2.24, 2.45) is 5.92 Å². The van der Waals surface area contributed by atoms with Gasteiger partial charge in [0.25, 0.3) is 0 Å². The summed E-state index contributed by atoms with van der Waals surface area (Å²) in [5, 5.41) is 12.0. The lowest BCUT2D eigenvalue weighted by Gasteiger charge is -2.16. The Morgan fingerprint density at radius 3 is 2.53 bits per heavy atom. The van der Waals surface area contributed by atoms with Crippen molar-refractivity contribution < 1.29 is 9.90 Å². The Balaban J connectivity index is 1.99. The minimum absolute atomic E-state index is 0.153. The van der Waals surface area contributed by atoms with E-state index in [2.05, 4.69) is 5.32 Å². The fourth-order valence-corrected chi connectivity index (χ4v) is 2.20. The number of alkyl halides is 2. The highest BCUT2D eigenvalue weighted by molar-refractivity contribution is 6.52. The van der Waals surface area contributed by atoms with Gasteiger partial charge in [-0.15, -0.1) is 23.2 Å². The van der Waals surface area contributed by atoms with Crippen molar-refractivity contribution in [2.45, 2.75) is 16.8 Å². The van der Waals surface area contributed by atoms with Gasteiger partial charge in [0.15, 0.2) is 0 Å². The summed E-state index contributed by atoms with van der Waals surface area (Å²) in [4.78, 5) is 11.8. The zero-order valence-electron chi connectivity index (χ0n) is 9.07. The van der Waals surface area contributed by atoms with E-state index < -0.39 is 10.4 Å². The second kappa shape index (κ2) is 4.84. The van der Waals surface area contributed by atoms with Gasteiger partial charge in [-0.2, -0.15) is 0 Å². The van der Waals surface area contributed by atoms with Crippen molar-refractivity contribution in [3.05, 3.63) is 35.9 Å². The first-order valence-corrected chi connectivity index (χ1v) is 6.14. The van der Waals surface area contributed by atoms with E-state index in [1.807, 2.05) is 30.3 Å². The predicted octanol–water partition coefficient (Wildman–Crippen LogP) is 2.03. The van der Waals surface area contributed by atoms with Crippen LogP contribution in [0.5, 0.6) is 0 Å². The standard InChI is InChI=1S/C12H13Cl2NO2/c13-12(14)6-9(12)11(17)15-10(7-16)8-4-2-1-3-5-8/h1-5,9-10,16H,6-7H2,(H,15,17). The molecule has 0 radical (unpaired) electrons. The van der Waals surface area contributed by atoms with Crippen LogP contribution in [0, 0.1) is 5.92 Å². The van der Waals surface area contributed by atoms with E-state index in [-0.39, 0.29) is 18.4 Å². The number of rotatable bonds is 4. The molecule has 1 aromatic rings. The molecule has 1 aliphatic carbocycles. The van der Waals surface area contributed by atoms with Gasteiger partial charge in [0.2, 0.25) is 5.91 Å². The molecule has 5 heteroatoms. The number of nitrogens with one attached hydrogen (secondary N) is 1. The molecule has 1 fully saturated rings. The van der Waals surface area contributed by atoms with Gasteiger partial charge in [-0.1, -0.05) is 30.3 Å². The van der Waals surface area contributed by atoms with Crippen molar-refractivity contribution >= 4 is 29.1 Å². The average Bonchev–Trinajstić information content (AvgIpc) is 2.96. The van der Waals surface area contributed by atoms with Crippen LogP contribution in [0.15, 0.2) is 30.3 Å². The highest BCUT2D eigenvalue weighted by atomic mass is 35.5. The third kappa shape index (κ3) is 2.92. The monoisotopic (exact) mass is 273 g/mol. The topological polar surface area (TPSA) is 49.3 Å². The molecule has 1 aliphatic rings. The van der Waals surface area contributed by atoms with Crippen molar-refractivity contribution in [3.8, 4) is 0 Å². The maximum absolute atomic E-state index is 11.8. The fraction of sp³-hybridized carbons (Fsp3) is 0.417. The molecule has 1 saturated carbocycles. The number of benzene rings is 1. The lowest BCUT2D eigenvalue weighted by Crippen LogP contribution is -2.33. The first-order chi connectivity index (χ1) is 8.04. The third-order valence-corrected chi connectivity index (χ3v) is 3.68. The highest BCUT2D eigenvalue weighted by Crippen LogP contribution is 2.53. The minimum atomic E-state index is -0.930. The van der Waals surface area contributed by atoms with Crippen LogP contribution < -0.4 is 5.32 Å². The number of aliphatic hydroxyl groups is 1. The summed E-state index contributed by atoms with van der Waals surface area (Å²) >= 11 is 11.6. The van der Waals surface area contributed by atoms with Crippen molar-refractivity contribution in [3.63, 3.8) is 0 Å². The molecule has 0 aromatic heterocycles. The molecule has 17 heavy (non-hydrogen) atoms. The maximum atomic E-state index is 11.8. The summed E-state index contributed by atoms with van der Waals surface area (Å²) in [6, 6.07) is 8.88. The molecule has 0 heterocycles. The molecule has 2 rings (SSSR count). The molecule has 0 spiro atoms. The zero-order chi connectivity index (χ0) is 12.5. The third-order valence-electron chi connectivity index (χ3n) is 2.84. The molecule has 2 atom stereocenters. The number of carbonyl (C=O) groups excluding carboxylic acids is 1. The summed E-state index contributed by atoms with van der Waals surface area (Å²) < 4.78 is -0.930. The van der Waals surface area contributed by atoms with E-state index in [1.165, 1.54) is 0 Å². The Morgan fingerprint density at radius 1 is 1.47 bits per heavy atom. The van der Waals surface area contributed by atoms with E-state index >= 15 is 0 Å². The lowest BCUT2D eigenvalue weighted by molar-refractivity contribution is -0.123. The van der Waals surface area contributed by atoms with E-state index in [0.717, 1.165) is 5.56 Å². The van der Waals surface area contributed by atoms with Gasteiger partial charge in [0.05, 0.1) is 18.6 Å². The Labute approximate surface area is 110 Å². The molecular weight excluding hydrogens is 261 g/mol. The molecule has 92 valence electrons. The molecule has 2 N–H and O–H groups in total. The number of carbonyl (C=O) groups is 1. The van der Waals surface area contributed by atoms with Crippen LogP contribution in [0.25, 0.3) is 0 Å². The van der Waals surface area contributed by atoms with Crippen molar-refractivity contribution in [1.82, 2.24) is 5.32 Å². The number of aliphatic hydroxyl groups excluding tert-OH is 1. The Morgan fingerprint density at radius 2 is 2.06 bits per heavy atom. The van der Waals surface area contributed by atoms with Crippen LogP contribution in [0.2, 0.25) is 0 Å². The molecule has 1 aromatic carbocycles. The molecule has 0 aliphatic heterocycles. The van der Waals surface area contributed by atoms with Crippen LogP contribution in [0.1, 0.15) is 18.0 Å². The SMILES string of the molecule is O=C(NC(CO)c1ccccc1)C1CC1(Cl)Cl. The van der Waals surface area contributed by atoms with Gasteiger partial charge in [-0.3, -0.25) is 4.79 Å². The van der Waals surface area contributed by atoms with E-state index in [0.29, 0.717) is 6.42 Å². The first-order valence-electron chi connectivity index (χ1n) is 5.38. The highest BCUT2D eigenvalue weighted by Gasteiger charge is 2.56. The predicted molar refractivity (Wildman–Crippen MR) is 67.0 cm³/mol. The van der Waals surface area contributed by atoms with Crippen molar-refractivity contribution in [2.75, 3.05) is 6.61 Å². The molecule has 0 saturated heterocycles. The number of halogens is 2. The number of hydrogen-bond donors (Lipinski definition) is 2. The summed E-state index contributed by atoms with van der Waals surface area (Å²) in [5.41, 5.74) is 0.860. The Kier molecular flexibility index (Phi) is 3.61. The van der Waals surface area contributed by atoms with Crippen LogP contribution >= 0.6 is 23.2 Å². The van der Waals surface area contributed by atoms with Gasteiger partial charge in [0.1, 0.15) is 4.33 Å². The van der Waals surface area contributed by atoms with E-state index in [1.54, 1.807) is 0 Å². The van der Waals surface area contributed by atoms with Gasteiger partial charge in [-0.05, 0) is 12.0 Å². The molecule has 3 nitrogen and oxygen atoms in total. The lowest BCUT2D eigenvalue weighted by atomic mass is 10.1. The Hall–Kier alpha value is -0.770. The summed E-state index contributed by atoms with van der Waals surface area (Å²) in [6.07, 6.45) is 0.467. The normalized spacial score (nSPS) is 22.9. The van der Waals surface area contributed by atoms with Gasteiger partial charge in [-0.25, -0.2) is 0 Å². The van der Waals surface area contributed by atoms with Gasteiger partial charge < -0.3 is 10.4 Å². The van der Waals surface area contributed by atoms with E-state index in [4.69, 9.17) is 23.2 Å². The van der Waals surface area contributed by atoms with Crippen LogP contribution in [0.4, 0.5) is 0 Å². The largest absolute Gasteiger partial charge is 0.394 e. The second-order valence-electron chi connectivity index (χ2n) is 4.17. The van der Waals surface area contributed by atoms with Gasteiger partial charge >= 0.3 is 0 Å². The number of hydrogen-bond acceptors (Lipinski definition) is 2. The quantitative estimate of drug-likeness (QED) is 0.825. The summed E-state index contributed by atoms with van der Waals surface area (Å²) in [5.74, 6) is -0.582. The average molecular weight is 274 g/mol. The molecular formula is C12H13Cl2NO2. The Bertz CT molecular complexity index is 408. The van der Waals surface area contributed by atoms with Crippen molar-refractivity contribution in [1.29, 1.82) is 0 Å². The second-order valence-corrected chi connectivity index (χ2v) is 5.71. The first kappa shape index (κ1) is 12.7.